The van der Waals surface area contributed by atoms with Crippen LogP contribution in [0.15, 0.2) is 36.9 Å². The third-order valence-corrected chi connectivity index (χ3v) is 5.01. The van der Waals surface area contributed by atoms with Crippen LogP contribution in [0, 0.1) is 6.92 Å². The normalized spacial score (nSPS) is 20.5. The number of hydrogen-bond acceptors (Lipinski definition) is 4. The Balaban J connectivity index is 1.53. The molecule has 3 aromatic rings. The average molecular weight is 352 g/mol. The Morgan fingerprint density at radius 2 is 2.19 bits per heavy atom. The number of nitrogens with zero attached hydrogens (tertiary/aromatic N) is 4. The first-order valence-electron chi connectivity index (χ1n) is 9.11. The SMILES string of the molecule is CCn1cc([C@@H]2NC(=O)CC[C@H]2NCc2cnc3ccc(C)cn23)cn1. The number of amides is 1. The molecule has 0 bridgehead atoms. The van der Waals surface area contributed by atoms with Crippen LogP contribution in [0.5, 0.6) is 0 Å². The van der Waals surface area contributed by atoms with Crippen LogP contribution in [0.4, 0.5) is 0 Å². The fraction of sp³-hybridized carbons (Fsp3) is 0.421. The second kappa shape index (κ2) is 6.92. The Kier molecular flexibility index (Phi) is 4.46. The zero-order chi connectivity index (χ0) is 18.1. The molecule has 1 aliphatic rings. The fourth-order valence-corrected chi connectivity index (χ4v) is 3.55. The van der Waals surface area contributed by atoms with Gasteiger partial charge in [0.05, 0.1) is 24.1 Å². The number of aryl methyl sites for hydroxylation is 2. The van der Waals surface area contributed by atoms with E-state index in [0.717, 1.165) is 29.9 Å². The zero-order valence-electron chi connectivity index (χ0n) is 15.1. The predicted octanol–water partition coefficient (Wildman–Crippen LogP) is 1.97. The number of fused-ring (bicyclic) bond motifs is 1. The molecule has 7 heteroatoms. The van der Waals surface area contributed by atoms with Crippen molar-refractivity contribution < 1.29 is 4.79 Å². The number of pyridine rings is 1. The molecule has 1 amide bonds. The molecular weight excluding hydrogens is 328 g/mol. The molecule has 3 aromatic heterocycles. The van der Waals surface area contributed by atoms with Gasteiger partial charge in [0, 0.05) is 43.5 Å². The van der Waals surface area contributed by atoms with E-state index in [-0.39, 0.29) is 18.0 Å². The highest BCUT2D eigenvalue weighted by Gasteiger charge is 2.30. The third-order valence-electron chi connectivity index (χ3n) is 5.01. The van der Waals surface area contributed by atoms with Gasteiger partial charge in [-0.25, -0.2) is 4.98 Å². The van der Waals surface area contributed by atoms with Crippen LogP contribution in [0.1, 0.15) is 42.6 Å². The molecule has 4 heterocycles. The van der Waals surface area contributed by atoms with Gasteiger partial charge in [-0.2, -0.15) is 5.10 Å². The summed E-state index contributed by atoms with van der Waals surface area (Å²) in [5.41, 5.74) is 4.31. The molecular formula is C19H24N6O. The number of imidazole rings is 1. The fourth-order valence-electron chi connectivity index (χ4n) is 3.55. The highest BCUT2D eigenvalue weighted by molar-refractivity contribution is 5.77. The Bertz CT molecular complexity index is 927. The highest BCUT2D eigenvalue weighted by atomic mass is 16.1. The molecule has 0 spiro atoms. The quantitative estimate of drug-likeness (QED) is 0.736. The van der Waals surface area contributed by atoms with Crippen molar-refractivity contribution in [2.24, 2.45) is 0 Å². The van der Waals surface area contributed by atoms with Gasteiger partial charge in [-0.1, -0.05) is 6.07 Å². The number of piperidine rings is 1. The first-order chi connectivity index (χ1) is 12.6. The Morgan fingerprint density at radius 3 is 3.00 bits per heavy atom. The summed E-state index contributed by atoms with van der Waals surface area (Å²) in [6.07, 6.45) is 9.23. The smallest absolute Gasteiger partial charge is 0.220 e. The van der Waals surface area contributed by atoms with Crippen molar-refractivity contribution in [3.05, 3.63) is 53.7 Å². The van der Waals surface area contributed by atoms with Gasteiger partial charge in [-0.15, -0.1) is 0 Å². The van der Waals surface area contributed by atoms with Crippen molar-refractivity contribution in [1.29, 1.82) is 0 Å². The van der Waals surface area contributed by atoms with Gasteiger partial charge in [0.2, 0.25) is 5.91 Å². The maximum Gasteiger partial charge on any atom is 0.220 e. The van der Waals surface area contributed by atoms with Crippen molar-refractivity contribution in [3.8, 4) is 0 Å². The van der Waals surface area contributed by atoms with E-state index in [1.807, 2.05) is 29.3 Å². The number of rotatable bonds is 5. The summed E-state index contributed by atoms with van der Waals surface area (Å²) in [4.78, 5) is 16.4. The average Bonchev–Trinajstić information content (AvgIpc) is 3.27. The largest absolute Gasteiger partial charge is 0.348 e. The molecule has 0 unspecified atom stereocenters. The van der Waals surface area contributed by atoms with Crippen molar-refractivity contribution in [1.82, 2.24) is 29.8 Å². The molecule has 1 fully saturated rings. The maximum absolute atomic E-state index is 11.9. The lowest BCUT2D eigenvalue weighted by Crippen LogP contribution is -2.48. The standard InChI is InChI=1S/C19H24N6O/c1-3-24-12-14(8-22-24)19-16(5-7-18(26)23-19)20-9-15-10-21-17-6-4-13(2)11-25(15)17/h4,6,8,10-12,16,19-20H,3,5,7,9H2,1-2H3,(H,23,26)/t16-,19+/m1/s1. The number of carbonyl (C=O) groups is 1. The summed E-state index contributed by atoms with van der Waals surface area (Å²) in [5.74, 6) is 0.0997. The Labute approximate surface area is 152 Å². The number of hydrogen-bond donors (Lipinski definition) is 2. The van der Waals surface area contributed by atoms with Gasteiger partial charge in [0.25, 0.3) is 0 Å². The van der Waals surface area contributed by atoms with Crippen LogP contribution in [0.25, 0.3) is 5.65 Å². The van der Waals surface area contributed by atoms with Crippen LogP contribution >= 0.6 is 0 Å². The molecule has 2 N–H and O–H groups in total. The molecule has 2 atom stereocenters. The molecule has 0 aromatic carbocycles. The van der Waals surface area contributed by atoms with E-state index < -0.39 is 0 Å². The van der Waals surface area contributed by atoms with E-state index in [9.17, 15) is 4.79 Å². The third kappa shape index (κ3) is 3.22. The van der Waals surface area contributed by atoms with Gasteiger partial charge in [0.1, 0.15) is 5.65 Å². The first-order valence-corrected chi connectivity index (χ1v) is 9.11. The minimum absolute atomic E-state index is 0.0579. The van der Waals surface area contributed by atoms with Gasteiger partial charge >= 0.3 is 0 Å². The van der Waals surface area contributed by atoms with Crippen LogP contribution in [0.2, 0.25) is 0 Å². The van der Waals surface area contributed by atoms with E-state index in [1.54, 1.807) is 0 Å². The molecule has 26 heavy (non-hydrogen) atoms. The number of carbonyl (C=O) groups excluding carboxylic acids is 1. The second-order valence-electron chi connectivity index (χ2n) is 6.88. The van der Waals surface area contributed by atoms with E-state index in [1.165, 1.54) is 5.56 Å². The lowest BCUT2D eigenvalue weighted by Gasteiger charge is -2.32. The van der Waals surface area contributed by atoms with Crippen LogP contribution in [0.3, 0.4) is 0 Å². The molecule has 1 saturated heterocycles. The minimum Gasteiger partial charge on any atom is -0.348 e. The maximum atomic E-state index is 11.9. The lowest BCUT2D eigenvalue weighted by molar-refractivity contribution is -0.123. The van der Waals surface area contributed by atoms with Gasteiger partial charge < -0.3 is 15.0 Å². The van der Waals surface area contributed by atoms with Crippen molar-refractivity contribution in [2.75, 3.05) is 0 Å². The van der Waals surface area contributed by atoms with E-state index in [0.29, 0.717) is 13.0 Å². The summed E-state index contributed by atoms with van der Waals surface area (Å²) >= 11 is 0. The van der Waals surface area contributed by atoms with Gasteiger partial charge in [-0.05, 0) is 31.9 Å². The topological polar surface area (TPSA) is 76.2 Å². The summed E-state index contributed by atoms with van der Waals surface area (Å²) in [6.45, 7) is 5.65. The van der Waals surface area contributed by atoms with E-state index in [2.05, 4.69) is 51.2 Å². The summed E-state index contributed by atoms with van der Waals surface area (Å²) < 4.78 is 4.01. The monoisotopic (exact) mass is 352 g/mol. The summed E-state index contributed by atoms with van der Waals surface area (Å²) in [7, 11) is 0. The van der Waals surface area contributed by atoms with Gasteiger partial charge in [0.15, 0.2) is 0 Å². The number of nitrogens with one attached hydrogen (secondary N) is 2. The molecule has 4 rings (SSSR count). The van der Waals surface area contributed by atoms with Crippen molar-refractivity contribution in [2.45, 2.75) is 51.9 Å². The summed E-state index contributed by atoms with van der Waals surface area (Å²) in [5, 5.41) is 11.1. The van der Waals surface area contributed by atoms with Crippen LogP contribution in [-0.2, 0) is 17.9 Å². The van der Waals surface area contributed by atoms with Crippen LogP contribution in [-0.4, -0.2) is 31.1 Å². The first kappa shape index (κ1) is 16.8. The molecule has 1 aliphatic heterocycles. The number of aromatic nitrogens is 4. The lowest BCUT2D eigenvalue weighted by atomic mass is 9.93. The van der Waals surface area contributed by atoms with E-state index >= 15 is 0 Å². The van der Waals surface area contributed by atoms with Crippen LogP contribution < -0.4 is 10.6 Å². The molecule has 136 valence electrons. The zero-order valence-corrected chi connectivity index (χ0v) is 15.1. The summed E-state index contributed by atoms with van der Waals surface area (Å²) in [6, 6.07) is 4.20. The molecule has 0 aliphatic carbocycles. The molecule has 7 nitrogen and oxygen atoms in total. The Morgan fingerprint density at radius 1 is 1.31 bits per heavy atom. The van der Waals surface area contributed by atoms with E-state index in [4.69, 9.17) is 0 Å². The Hall–Kier alpha value is -2.67. The molecule has 0 saturated carbocycles. The minimum atomic E-state index is -0.0579. The predicted molar refractivity (Wildman–Crippen MR) is 98.6 cm³/mol. The van der Waals surface area contributed by atoms with Crippen molar-refractivity contribution in [3.63, 3.8) is 0 Å². The second-order valence-corrected chi connectivity index (χ2v) is 6.88. The highest BCUT2D eigenvalue weighted by Crippen LogP contribution is 2.24. The molecule has 0 radical (unpaired) electrons. The van der Waals surface area contributed by atoms with Crippen molar-refractivity contribution >= 4 is 11.6 Å². The van der Waals surface area contributed by atoms with Gasteiger partial charge in [-0.3, -0.25) is 9.48 Å².